The molecule has 3 aromatic carbocycles. The molecule has 0 radical (unpaired) electrons. The number of rotatable bonds is 3. The molecule has 0 amide bonds. The first-order chi connectivity index (χ1) is 10.6. The molecule has 0 aliphatic heterocycles. The monoisotopic (exact) mass is 290 g/mol. The predicted molar refractivity (Wildman–Crippen MR) is 88.3 cm³/mol. The molecule has 3 rings (SSSR count). The van der Waals surface area contributed by atoms with Gasteiger partial charge < -0.3 is 10.2 Å². The van der Waals surface area contributed by atoms with E-state index in [4.69, 9.17) is 0 Å². The molecular weight excluding hydrogens is 272 g/mol. The number of phenols is 2. The van der Waals surface area contributed by atoms with Crippen LogP contribution in [0.1, 0.15) is 28.2 Å². The zero-order chi connectivity index (χ0) is 15.5. The van der Waals surface area contributed by atoms with Crippen molar-refractivity contribution in [2.24, 2.45) is 0 Å². The molecule has 0 aliphatic rings. The standard InChI is InChI=1S/C20H18O2/c1-14-7-12-19(22)18(13-14)20(15-5-3-2-4-6-15)16-8-10-17(21)11-9-16/h2-13,20-22H,1H3. The molecule has 0 aromatic heterocycles. The Hall–Kier alpha value is -2.74. The van der Waals surface area contributed by atoms with E-state index in [0.717, 1.165) is 22.3 Å². The molecule has 2 heteroatoms. The highest BCUT2D eigenvalue weighted by molar-refractivity contribution is 5.50. The highest BCUT2D eigenvalue weighted by Crippen LogP contribution is 2.37. The molecule has 0 fully saturated rings. The fraction of sp³-hybridized carbons (Fsp3) is 0.100. The molecule has 1 unspecified atom stereocenters. The highest BCUT2D eigenvalue weighted by atomic mass is 16.3. The summed E-state index contributed by atoms with van der Waals surface area (Å²) < 4.78 is 0. The van der Waals surface area contributed by atoms with E-state index in [1.54, 1.807) is 18.2 Å². The minimum atomic E-state index is -0.0679. The van der Waals surface area contributed by atoms with Crippen molar-refractivity contribution in [3.63, 3.8) is 0 Å². The molecule has 1 atom stereocenters. The van der Waals surface area contributed by atoms with Crippen LogP contribution in [-0.2, 0) is 0 Å². The second-order valence-corrected chi connectivity index (χ2v) is 5.50. The summed E-state index contributed by atoms with van der Waals surface area (Å²) in [6, 6.07) is 22.9. The minimum absolute atomic E-state index is 0.0679. The van der Waals surface area contributed by atoms with Gasteiger partial charge in [0.2, 0.25) is 0 Å². The maximum Gasteiger partial charge on any atom is 0.119 e. The van der Waals surface area contributed by atoms with Crippen molar-refractivity contribution in [3.05, 3.63) is 95.1 Å². The Bertz CT molecular complexity index is 761. The van der Waals surface area contributed by atoms with E-state index in [-0.39, 0.29) is 17.4 Å². The molecule has 3 aromatic rings. The average molecular weight is 290 g/mol. The summed E-state index contributed by atoms with van der Waals surface area (Å²) in [4.78, 5) is 0. The Balaban J connectivity index is 2.19. The highest BCUT2D eigenvalue weighted by Gasteiger charge is 2.19. The first-order valence-electron chi connectivity index (χ1n) is 7.28. The van der Waals surface area contributed by atoms with Gasteiger partial charge in [0.1, 0.15) is 11.5 Å². The van der Waals surface area contributed by atoms with E-state index in [0.29, 0.717) is 0 Å². The van der Waals surface area contributed by atoms with Crippen LogP contribution in [0.15, 0.2) is 72.8 Å². The van der Waals surface area contributed by atoms with Gasteiger partial charge in [-0.3, -0.25) is 0 Å². The van der Waals surface area contributed by atoms with Gasteiger partial charge in [-0.25, -0.2) is 0 Å². The fourth-order valence-electron chi connectivity index (χ4n) is 2.77. The van der Waals surface area contributed by atoms with Crippen LogP contribution < -0.4 is 0 Å². The number of aryl methyl sites for hydroxylation is 1. The van der Waals surface area contributed by atoms with Crippen LogP contribution in [0.3, 0.4) is 0 Å². The van der Waals surface area contributed by atoms with E-state index < -0.39 is 0 Å². The van der Waals surface area contributed by atoms with Gasteiger partial charge in [0.05, 0.1) is 0 Å². The molecule has 0 saturated heterocycles. The van der Waals surface area contributed by atoms with Crippen LogP contribution in [0.25, 0.3) is 0 Å². The first-order valence-corrected chi connectivity index (χ1v) is 7.28. The second kappa shape index (κ2) is 5.94. The van der Waals surface area contributed by atoms with Crippen molar-refractivity contribution in [1.82, 2.24) is 0 Å². The maximum atomic E-state index is 10.3. The van der Waals surface area contributed by atoms with Gasteiger partial charge in [0.25, 0.3) is 0 Å². The van der Waals surface area contributed by atoms with Crippen molar-refractivity contribution in [1.29, 1.82) is 0 Å². The van der Waals surface area contributed by atoms with Gasteiger partial charge >= 0.3 is 0 Å². The van der Waals surface area contributed by atoms with Crippen LogP contribution in [0.4, 0.5) is 0 Å². The number of phenolic OH excluding ortho intramolecular Hbond substituents is 2. The minimum Gasteiger partial charge on any atom is -0.508 e. The summed E-state index contributed by atoms with van der Waals surface area (Å²) >= 11 is 0. The van der Waals surface area contributed by atoms with Crippen LogP contribution in [0.2, 0.25) is 0 Å². The van der Waals surface area contributed by atoms with E-state index in [2.05, 4.69) is 12.1 Å². The number of benzene rings is 3. The number of hydrogen-bond donors (Lipinski definition) is 2. The molecular formula is C20H18O2. The largest absolute Gasteiger partial charge is 0.508 e. The zero-order valence-electron chi connectivity index (χ0n) is 12.4. The lowest BCUT2D eigenvalue weighted by Gasteiger charge is -2.20. The lowest BCUT2D eigenvalue weighted by Crippen LogP contribution is -2.04. The van der Waals surface area contributed by atoms with Crippen LogP contribution >= 0.6 is 0 Å². The summed E-state index contributed by atoms with van der Waals surface area (Å²) in [6.45, 7) is 2.02. The van der Waals surface area contributed by atoms with E-state index in [9.17, 15) is 10.2 Å². The molecule has 0 aliphatic carbocycles. The topological polar surface area (TPSA) is 40.5 Å². The fourth-order valence-corrected chi connectivity index (χ4v) is 2.77. The molecule has 110 valence electrons. The second-order valence-electron chi connectivity index (χ2n) is 5.50. The first kappa shape index (κ1) is 14.2. The van der Waals surface area contributed by atoms with Crippen molar-refractivity contribution in [3.8, 4) is 11.5 Å². The Morgan fingerprint density at radius 1 is 0.727 bits per heavy atom. The lowest BCUT2D eigenvalue weighted by molar-refractivity contribution is 0.467. The Labute approximate surface area is 130 Å². The maximum absolute atomic E-state index is 10.3. The number of hydrogen-bond acceptors (Lipinski definition) is 2. The summed E-state index contributed by atoms with van der Waals surface area (Å²) in [5.41, 5.74) is 4.11. The quantitative estimate of drug-likeness (QED) is 0.693. The predicted octanol–water partition coefficient (Wildman–Crippen LogP) is 4.59. The van der Waals surface area contributed by atoms with Crippen LogP contribution in [-0.4, -0.2) is 10.2 Å². The third-order valence-corrected chi connectivity index (χ3v) is 3.85. The molecule has 22 heavy (non-hydrogen) atoms. The third-order valence-electron chi connectivity index (χ3n) is 3.85. The third kappa shape index (κ3) is 2.82. The van der Waals surface area contributed by atoms with Crippen LogP contribution in [0.5, 0.6) is 11.5 Å². The molecule has 2 nitrogen and oxygen atoms in total. The van der Waals surface area contributed by atoms with Gasteiger partial charge in [0, 0.05) is 11.5 Å². The molecule has 0 spiro atoms. The van der Waals surface area contributed by atoms with Crippen molar-refractivity contribution in [2.45, 2.75) is 12.8 Å². The van der Waals surface area contributed by atoms with Gasteiger partial charge in [-0.05, 0) is 36.2 Å². The summed E-state index contributed by atoms with van der Waals surface area (Å²) in [5, 5.41) is 19.9. The van der Waals surface area contributed by atoms with Crippen molar-refractivity contribution < 1.29 is 10.2 Å². The van der Waals surface area contributed by atoms with Gasteiger partial charge in [-0.2, -0.15) is 0 Å². The SMILES string of the molecule is Cc1ccc(O)c(C(c2ccccc2)c2ccc(O)cc2)c1. The van der Waals surface area contributed by atoms with E-state index in [1.807, 2.05) is 49.4 Å². The van der Waals surface area contributed by atoms with Gasteiger partial charge in [-0.1, -0.05) is 60.2 Å². The Kier molecular flexibility index (Phi) is 3.84. The Morgan fingerprint density at radius 3 is 2.05 bits per heavy atom. The summed E-state index contributed by atoms with van der Waals surface area (Å²) in [5.74, 6) is 0.457. The molecule has 2 N–H and O–H groups in total. The normalized spacial score (nSPS) is 12.0. The molecule has 0 saturated carbocycles. The Morgan fingerprint density at radius 2 is 1.36 bits per heavy atom. The number of aromatic hydroxyl groups is 2. The lowest BCUT2D eigenvalue weighted by atomic mass is 9.84. The molecule has 0 heterocycles. The van der Waals surface area contributed by atoms with Crippen LogP contribution in [0, 0.1) is 6.92 Å². The average Bonchev–Trinajstić information content (AvgIpc) is 2.54. The van der Waals surface area contributed by atoms with Gasteiger partial charge in [0.15, 0.2) is 0 Å². The zero-order valence-corrected chi connectivity index (χ0v) is 12.4. The van der Waals surface area contributed by atoms with Gasteiger partial charge in [-0.15, -0.1) is 0 Å². The van der Waals surface area contributed by atoms with E-state index >= 15 is 0 Å². The summed E-state index contributed by atoms with van der Waals surface area (Å²) in [6.07, 6.45) is 0. The van der Waals surface area contributed by atoms with Crippen molar-refractivity contribution in [2.75, 3.05) is 0 Å². The van der Waals surface area contributed by atoms with E-state index in [1.165, 1.54) is 0 Å². The molecule has 0 bridgehead atoms. The summed E-state index contributed by atoms with van der Waals surface area (Å²) in [7, 11) is 0. The van der Waals surface area contributed by atoms with Crippen molar-refractivity contribution >= 4 is 0 Å². The smallest absolute Gasteiger partial charge is 0.119 e.